The molecule has 22 heavy (non-hydrogen) atoms. The van der Waals surface area contributed by atoms with Crippen LogP contribution in [0.25, 0.3) is 0 Å². The second kappa shape index (κ2) is 7.96. The molecule has 5 nitrogen and oxygen atoms in total. The van der Waals surface area contributed by atoms with Gasteiger partial charge in [0.2, 0.25) is 5.91 Å². The Bertz CT molecular complexity index is 518. The number of amides is 1. The lowest BCUT2D eigenvalue weighted by Crippen LogP contribution is -2.43. The first-order valence-electron chi connectivity index (χ1n) is 7.75. The van der Waals surface area contributed by atoms with Crippen LogP contribution in [0.3, 0.4) is 0 Å². The van der Waals surface area contributed by atoms with Gasteiger partial charge in [-0.05, 0) is 19.4 Å². The molecule has 0 aromatic heterocycles. The molecule has 1 aliphatic rings. The Balaban J connectivity index is 2.06. The van der Waals surface area contributed by atoms with Crippen molar-refractivity contribution in [3.63, 3.8) is 0 Å². The van der Waals surface area contributed by atoms with Gasteiger partial charge in [0, 0.05) is 31.2 Å². The minimum absolute atomic E-state index is 0.0656. The fourth-order valence-corrected chi connectivity index (χ4v) is 2.65. The number of carbonyl (C=O) groups is 1. The molecule has 1 aromatic carbocycles. The summed E-state index contributed by atoms with van der Waals surface area (Å²) in [5, 5.41) is 3.19. The van der Waals surface area contributed by atoms with Crippen molar-refractivity contribution in [1.82, 2.24) is 10.2 Å². The number of likely N-dealkylation sites (N-methyl/N-ethyl adjacent to an activating group) is 1. The van der Waals surface area contributed by atoms with Crippen molar-refractivity contribution in [3.05, 3.63) is 42.5 Å². The maximum absolute atomic E-state index is 12.6. The van der Waals surface area contributed by atoms with E-state index >= 15 is 0 Å². The lowest BCUT2D eigenvalue weighted by atomic mass is 10.1. The maximum Gasteiger partial charge on any atom is 0.240 e. The number of para-hydroxylation sites is 1. The van der Waals surface area contributed by atoms with Crippen molar-refractivity contribution >= 4 is 5.91 Å². The summed E-state index contributed by atoms with van der Waals surface area (Å²) in [5.74, 6) is 0.902. The monoisotopic (exact) mass is 303 g/mol. The van der Waals surface area contributed by atoms with E-state index in [1.807, 2.05) is 36.1 Å². The van der Waals surface area contributed by atoms with Crippen LogP contribution in [0.5, 0.6) is 5.75 Å². The molecule has 2 rings (SSSR count). The van der Waals surface area contributed by atoms with Crippen LogP contribution < -0.4 is 15.8 Å². The molecule has 120 valence electrons. The maximum atomic E-state index is 12.6. The first-order valence-corrected chi connectivity index (χ1v) is 7.75. The van der Waals surface area contributed by atoms with Gasteiger partial charge in [-0.3, -0.25) is 4.79 Å². The summed E-state index contributed by atoms with van der Waals surface area (Å²) in [4.78, 5) is 14.4. The van der Waals surface area contributed by atoms with Gasteiger partial charge in [0.05, 0.1) is 6.04 Å². The lowest BCUT2D eigenvalue weighted by Gasteiger charge is -2.25. The zero-order valence-corrected chi connectivity index (χ0v) is 13.1. The van der Waals surface area contributed by atoms with Gasteiger partial charge in [0.1, 0.15) is 12.4 Å². The third-order valence-corrected chi connectivity index (χ3v) is 3.85. The van der Waals surface area contributed by atoms with Crippen molar-refractivity contribution < 1.29 is 9.53 Å². The lowest BCUT2D eigenvalue weighted by molar-refractivity contribution is -0.133. The summed E-state index contributed by atoms with van der Waals surface area (Å²) in [7, 11) is 0. The quantitative estimate of drug-likeness (QED) is 0.745. The van der Waals surface area contributed by atoms with Crippen LogP contribution in [0.4, 0.5) is 0 Å². The van der Waals surface area contributed by atoms with Gasteiger partial charge in [-0.1, -0.05) is 30.9 Å². The number of hydrogen-bond donors (Lipinski definition) is 2. The minimum atomic E-state index is -0.170. The smallest absolute Gasteiger partial charge is 0.240 e. The van der Waals surface area contributed by atoms with Crippen LogP contribution in [0.15, 0.2) is 36.9 Å². The number of nitrogens with two attached hydrogens (primary N) is 1. The number of carbonyl (C=O) groups excluding carboxylic acids is 1. The highest BCUT2D eigenvalue weighted by atomic mass is 16.5. The first kappa shape index (κ1) is 16.5. The van der Waals surface area contributed by atoms with E-state index in [9.17, 15) is 4.79 Å². The fourth-order valence-electron chi connectivity index (χ4n) is 2.65. The number of ether oxygens (including phenoxy) is 1. The molecule has 2 atom stereocenters. The Kier molecular flexibility index (Phi) is 5.98. The number of benzene rings is 1. The topological polar surface area (TPSA) is 67.6 Å². The Hall–Kier alpha value is -1.85. The van der Waals surface area contributed by atoms with E-state index in [1.54, 1.807) is 6.08 Å². The highest BCUT2D eigenvalue weighted by molar-refractivity contribution is 5.82. The van der Waals surface area contributed by atoms with Gasteiger partial charge >= 0.3 is 0 Å². The molecule has 0 unspecified atom stereocenters. The molecule has 0 spiro atoms. The molecule has 3 N–H and O–H groups in total. The van der Waals surface area contributed by atoms with E-state index in [4.69, 9.17) is 10.5 Å². The average Bonchev–Trinajstić information content (AvgIpc) is 2.97. The summed E-state index contributed by atoms with van der Waals surface area (Å²) in [6, 6.07) is 7.69. The number of rotatable bonds is 7. The fraction of sp³-hybridized carbons (Fsp3) is 0.471. The Morgan fingerprint density at radius 2 is 2.32 bits per heavy atom. The van der Waals surface area contributed by atoms with Gasteiger partial charge in [-0.15, -0.1) is 0 Å². The first-order chi connectivity index (χ1) is 10.7. The number of hydrogen-bond acceptors (Lipinski definition) is 4. The van der Waals surface area contributed by atoms with Crippen LogP contribution in [-0.4, -0.2) is 42.6 Å². The Labute approximate surface area is 132 Å². The molecule has 0 radical (unpaired) electrons. The van der Waals surface area contributed by atoms with Gasteiger partial charge in [-0.25, -0.2) is 0 Å². The molecular formula is C17H25N3O2. The standard InChI is InChI=1S/C17H25N3O2/c1-3-9-22-16-8-6-5-7-13(16)12-20(4-2)17(21)15-10-14(18)11-19-15/h3,5-8,14-15,19H,1,4,9-12,18H2,2H3/t14-,15+/m1/s1. The summed E-state index contributed by atoms with van der Waals surface area (Å²) < 4.78 is 5.66. The number of nitrogens with zero attached hydrogens (tertiary/aromatic N) is 1. The zero-order valence-electron chi connectivity index (χ0n) is 13.1. The van der Waals surface area contributed by atoms with Crippen LogP contribution in [0, 0.1) is 0 Å². The van der Waals surface area contributed by atoms with E-state index in [-0.39, 0.29) is 18.0 Å². The second-order valence-corrected chi connectivity index (χ2v) is 5.52. The van der Waals surface area contributed by atoms with E-state index in [2.05, 4.69) is 11.9 Å². The molecule has 0 saturated carbocycles. The summed E-state index contributed by atoms with van der Waals surface area (Å²) >= 11 is 0. The molecule has 1 heterocycles. The van der Waals surface area contributed by atoms with E-state index < -0.39 is 0 Å². The van der Waals surface area contributed by atoms with Gasteiger partial charge in [0.25, 0.3) is 0 Å². The molecule has 1 aromatic rings. The Morgan fingerprint density at radius 1 is 1.55 bits per heavy atom. The minimum Gasteiger partial charge on any atom is -0.489 e. The second-order valence-electron chi connectivity index (χ2n) is 5.52. The van der Waals surface area contributed by atoms with Crippen LogP contribution in [-0.2, 0) is 11.3 Å². The summed E-state index contributed by atoms with van der Waals surface area (Å²) in [6.07, 6.45) is 2.41. The summed E-state index contributed by atoms with van der Waals surface area (Å²) in [5.41, 5.74) is 6.88. The largest absolute Gasteiger partial charge is 0.489 e. The van der Waals surface area contributed by atoms with Crippen molar-refractivity contribution in [1.29, 1.82) is 0 Å². The highest BCUT2D eigenvalue weighted by Crippen LogP contribution is 2.21. The molecule has 5 heteroatoms. The van der Waals surface area contributed by atoms with Gasteiger partial charge in [-0.2, -0.15) is 0 Å². The van der Waals surface area contributed by atoms with Crippen LogP contribution in [0.1, 0.15) is 18.9 Å². The molecule has 1 amide bonds. The van der Waals surface area contributed by atoms with Crippen molar-refractivity contribution in [2.45, 2.75) is 32.0 Å². The molecule has 1 aliphatic heterocycles. The van der Waals surface area contributed by atoms with E-state index in [0.717, 1.165) is 11.3 Å². The normalized spacial score (nSPS) is 20.6. The molecule has 0 bridgehead atoms. The third-order valence-electron chi connectivity index (χ3n) is 3.85. The molecule has 1 saturated heterocycles. The van der Waals surface area contributed by atoms with Crippen molar-refractivity contribution in [2.75, 3.05) is 19.7 Å². The van der Waals surface area contributed by atoms with Crippen molar-refractivity contribution in [2.24, 2.45) is 5.73 Å². The van der Waals surface area contributed by atoms with E-state index in [1.165, 1.54) is 0 Å². The number of nitrogens with one attached hydrogen (secondary N) is 1. The Morgan fingerprint density at radius 3 is 2.95 bits per heavy atom. The van der Waals surface area contributed by atoms with Gasteiger partial charge in [0.15, 0.2) is 0 Å². The van der Waals surface area contributed by atoms with Gasteiger partial charge < -0.3 is 20.7 Å². The zero-order chi connectivity index (χ0) is 15.9. The predicted molar refractivity (Wildman–Crippen MR) is 87.6 cm³/mol. The molecular weight excluding hydrogens is 278 g/mol. The van der Waals surface area contributed by atoms with Crippen LogP contribution in [0.2, 0.25) is 0 Å². The SMILES string of the molecule is C=CCOc1ccccc1CN(CC)C(=O)[C@@H]1C[C@@H](N)CN1. The van der Waals surface area contributed by atoms with E-state index in [0.29, 0.717) is 32.7 Å². The van der Waals surface area contributed by atoms with Crippen molar-refractivity contribution in [3.8, 4) is 5.75 Å². The average molecular weight is 303 g/mol. The molecule has 0 aliphatic carbocycles. The summed E-state index contributed by atoms with van der Waals surface area (Å²) in [6.45, 7) is 8.00. The highest BCUT2D eigenvalue weighted by Gasteiger charge is 2.30. The third kappa shape index (κ3) is 4.08. The molecule has 1 fully saturated rings. The predicted octanol–water partition coefficient (Wildman–Crippen LogP) is 1.29. The van der Waals surface area contributed by atoms with Crippen LogP contribution >= 0.6 is 0 Å².